The smallest absolute Gasteiger partial charge is 0.387 e. The van der Waals surface area contributed by atoms with E-state index in [1.165, 1.54) is 24.5 Å². The van der Waals surface area contributed by atoms with Crippen LogP contribution in [0.25, 0.3) is 0 Å². The average molecular weight is 458 g/mol. The summed E-state index contributed by atoms with van der Waals surface area (Å²) in [6.45, 7) is -3.11. The van der Waals surface area contributed by atoms with Gasteiger partial charge in [0.05, 0.1) is 21.3 Å². The molecular formula is C19H15Cl2F2N3O4. The van der Waals surface area contributed by atoms with Crippen LogP contribution in [-0.2, 0) is 4.79 Å². The highest BCUT2D eigenvalue weighted by Gasteiger charge is 2.40. The second kappa shape index (κ2) is 8.23. The Morgan fingerprint density at radius 1 is 1.27 bits per heavy atom. The van der Waals surface area contributed by atoms with Crippen molar-refractivity contribution < 1.29 is 27.8 Å². The molecule has 4 rings (SSSR count). The monoisotopic (exact) mass is 457 g/mol. The van der Waals surface area contributed by atoms with Gasteiger partial charge in [-0.05, 0) is 25.0 Å². The normalized spacial score (nSPS) is 18.2. The van der Waals surface area contributed by atoms with E-state index in [9.17, 15) is 18.4 Å². The van der Waals surface area contributed by atoms with Crippen LogP contribution in [0, 0.1) is 5.92 Å². The molecule has 1 aromatic carbocycles. The van der Waals surface area contributed by atoms with Gasteiger partial charge in [0.1, 0.15) is 5.69 Å². The summed E-state index contributed by atoms with van der Waals surface area (Å²) in [5, 5.41) is 5.36. The van der Waals surface area contributed by atoms with Gasteiger partial charge in [0.15, 0.2) is 17.6 Å². The number of aromatic nitrogens is 1. The first-order valence-electron chi connectivity index (χ1n) is 9.05. The second-order valence-corrected chi connectivity index (χ2v) is 7.66. The largest absolute Gasteiger partial charge is 0.474 e. The Morgan fingerprint density at radius 2 is 1.97 bits per heavy atom. The van der Waals surface area contributed by atoms with Crippen molar-refractivity contribution in [3.63, 3.8) is 0 Å². The first kappa shape index (κ1) is 20.6. The van der Waals surface area contributed by atoms with Crippen LogP contribution >= 0.6 is 23.2 Å². The maximum atomic E-state index is 12.9. The Kier molecular flexibility index (Phi) is 5.66. The molecule has 2 amide bonds. The van der Waals surface area contributed by atoms with Crippen molar-refractivity contribution in [3.05, 3.63) is 40.1 Å². The first-order valence-corrected chi connectivity index (χ1v) is 9.80. The van der Waals surface area contributed by atoms with E-state index in [1.54, 1.807) is 0 Å². The number of alkyl halides is 2. The molecule has 11 heteroatoms. The van der Waals surface area contributed by atoms with Crippen molar-refractivity contribution in [3.8, 4) is 11.5 Å². The van der Waals surface area contributed by atoms with Gasteiger partial charge in [-0.2, -0.15) is 8.78 Å². The number of nitrogens with zero attached hydrogens (tertiary/aromatic N) is 1. The lowest BCUT2D eigenvalue weighted by Gasteiger charge is -2.36. The fourth-order valence-corrected chi connectivity index (χ4v) is 3.78. The highest BCUT2D eigenvalue weighted by molar-refractivity contribution is 6.39. The SMILES string of the molecule is O=C(Nc1c(Cl)cncc1Cl)c1ccc(OC(F)F)c2c1NC(=O)C(C1CCC1)O2. The number of nitrogens with one attached hydrogen (secondary N) is 2. The van der Waals surface area contributed by atoms with Gasteiger partial charge in [-0.3, -0.25) is 14.6 Å². The minimum atomic E-state index is -3.11. The Balaban J connectivity index is 1.71. The van der Waals surface area contributed by atoms with Crippen molar-refractivity contribution in [2.45, 2.75) is 32.0 Å². The van der Waals surface area contributed by atoms with Crippen LogP contribution in [0.4, 0.5) is 20.2 Å². The maximum Gasteiger partial charge on any atom is 0.387 e. The number of ether oxygens (including phenoxy) is 2. The fraction of sp³-hybridized carbons (Fsp3) is 0.316. The number of carbonyl (C=O) groups is 2. The topological polar surface area (TPSA) is 89.5 Å². The molecule has 0 radical (unpaired) electrons. The molecule has 0 saturated heterocycles. The molecule has 1 aliphatic carbocycles. The lowest BCUT2D eigenvalue weighted by molar-refractivity contribution is -0.127. The van der Waals surface area contributed by atoms with Gasteiger partial charge in [-0.1, -0.05) is 29.6 Å². The van der Waals surface area contributed by atoms with Crippen molar-refractivity contribution in [1.82, 2.24) is 4.98 Å². The predicted octanol–water partition coefficient (Wildman–Crippen LogP) is 4.74. The van der Waals surface area contributed by atoms with Gasteiger partial charge in [-0.15, -0.1) is 0 Å². The van der Waals surface area contributed by atoms with E-state index in [0.29, 0.717) is 0 Å². The lowest BCUT2D eigenvalue weighted by atomic mass is 9.80. The third-order valence-electron chi connectivity index (χ3n) is 5.00. The molecule has 1 fully saturated rings. The van der Waals surface area contributed by atoms with Gasteiger partial charge in [0.2, 0.25) is 0 Å². The number of rotatable bonds is 5. The van der Waals surface area contributed by atoms with Crippen molar-refractivity contribution >= 4 is 46.4 Å². The lowest BCUT2D eigenvalue weighted by Crippen LogP contribution is -2.45. The molecule has 2 N–H and O–H groups in total. The molecule has 0 spiro atoms. The van der Waals surface area contributed by atoms with Gasteiger partial charge in [-0.25, -0.2) is 0 Å². The number of pyridine rings is 1. The van der Waals surface area contributed by atoms with E-state index >= 15 is 0 Å². The Morgan fingerprint density at radius 3 is 2.57 bits per heavy atom. The molecular weight excluding hydrogens is 443 g/mol. The highest BCUT2D eigenvalue weighted by atomic mass is 35.5. The van der Waals surface area contributed by atoms with Crippen LogP contribution < -0.4 is 20.1 Å². The quantitative estimate of drug-likeness (QED) is 0.676. The number of amides is 2. The van der Waals surface area contributed by atoms with Crippen molar-refractivity contribution in [2.75, 3.05) is 10.6 Å². The van der Waals surface area contributed by atoms with E-state index in [-0.39, 0.29) is 44.4 Å². The molecule has 7 nitrogen and oxygen atoms in total. The Hall–Kier alpha value is -2.65. The molecule has 1 aliphatic heterocycles. The molecule has 2 aromatic rings. The molecule has 30 heavy (non-hydrogen) atoms. The molecule has 1 atom stereocenters. The van der Waals surface area contributed by atoms with E-state index in [2.05, 4.69) is 20.4 Å². The van der Waals surface area contributed by atoms with Crippen LogP contribution in [0.2, 0.25) is 10.0 Å². The number of benzene rings is 1. The zero-order chi connectivity index (χ0) is 21.4. The number of halogens is 4. The summed E-state index contributed by atoms with van der Waals surface area (Å²) < 4.78 is 36.0. The Bertz CT molecular complexity index is 997. The fourth-order valence-electron chi connectivity index (χ4n) is 3.32. The average Bonchev–Trinajstić information content (AvgIpc) is 2.64. The van der Waals surface area contributed by atoms with E-state index in [0.717, 1.165) is 19.3 Å². The van der Waals surface area contributed by atoms with Gasteiger partial charge >= 0.3 is 6.61 Å². The summed E-state index contributed by atoms with van der Waals surface area (Å²) in [6.07, 6.45) is 4.29. The number of anilines is 2. The molecule has 158 valence electrons. The van der Waals surface area contributed by atoms with Gasteiger partial charge < -0.3 is 20.1 Å². The van der Waals surface area contributed by atoms with Crippen LogP contribution in [0.5, 0.6) is 11.5 Å². The van der Waals surface area contributed by atoms with Gasteiger partial charge in [0, 0.05) is 18.3 Å². The number of hydrogen-bond acceptors (Lipinski definition) is 5. The third-order valence-corrected chi connectivity index (χ3v) is 5.58. The summed E-state index contributed by atoms with van der Waals surface area (Å²) in [7, 11) is 0. The summed E-state index contributed by atoms with van der Waals surface area (Å²) in [6, 6.07) is 2.42. The zero-order valence-electron chi connectivity index (χ0n) is 15.3. The first-order chi connectivity index (χ1) is 14.3. The predicted molar refractivity (Wildman–Crippen MR) is 106 cm³/mol. The maximum absolute atomic E-state index is 12.9. The van der Waals surface area contributed by atoms with E-state index in [4.69, 9.17) is 27.9 Å². The standard InChI is InChI=1S/C19H15Cl2F2N3O4/c20-10-6-24-7-11(21)14(10)26-17(27)9-4-5-12(29-19(22)23)16-13(9)25-18(28)15(30-16)8-2-1-3-8/h4-8,15,19H,1-3H2,(H,25,28)(H,24,26,27). The van der Waals surface area contributed by atoms with E-state index in [1.807, 2.05) is 0 Å². The minimum Gasteiger partial charge on any atom is -0.474 e. The highest BCUT2D eigenvalue weighted by Crippen LogP contribution is 2.45. The number of fused-ring (bicyclic) bond motifs is 1. The van der Waals surface area contributed by atoms with Crippen molar-refractivity contribution in [2.24, 2.45) is 5.92 Å². The summed E-state index contributed by atoms with van der Waals surface area (Å²) >= 11 is 12.1. The van der Waals surface area contributed by atoms with Gasteiger partial charge in [0.25, 0.3) is 11.8 Å². The third kappa shape index (κ3) is 3.87. The molecule has 1 saturated carbocycles. The molecule has 2 heterocycles. The summed E-state index contributed by atoms with van der Waals surface area (Å²) in [5.41, 5.74) is 0.0267. The zero-order valence-corrected chi connectivity index (χ0v) is 16.8. The van der Waals surface area contributed by atoms with Crippen LogP contribution in [0.15, 0.2) is 24.5 Å². The number of carbonyl (C=O) groups excluding carboxylic acids is 2. The summed E-state index contributed by atoms with van der Waals surface area (Å²) in [5.74, 6) is -1.55. The summed E-state index contributed by atoms with van der Waals surface area (Å²) in [4.78, 5) is 29.2. The van der Waals surface area contributed by atoms with Crippen LogP contribution in [0.3, 0.4) is 0 Å². The Labute approximate surface area is 179 Å². The van der Waals surface area contributed by atoms with E-state index < -0.39 is 24.5 Å². The second-order valence-electron chi connectivity index (χ2n) is 6.84. The molecule has 1 aromatic heterocycles. The van der Waals surface area contributed by atoms with Crippen molar-refractivity contribution in [1.29, 1.82) is 0 Å². The minimum absolute atomic E-state index is 0.0236. The number of hydrogen-bond donors (Lipinski definition) is 2. The molecule has 1 unspecified atom stereocenters. The van der Waals surface area contributed by atoms with Crippen LogP contribution in [0.1, 0.15) is 29.6 Å². The molecule has 2 aliphatic rings. The molecule has 0 bridgehead atoms. The van der Waals surface area contributed by atoms with Crippen LogP contribution in [-0.4, -0.2) is 29.5 Å².